The van der Waals surface area contributed by atoms with Gasteiger partial charge in [0.15, 0.2) is 17.4 Å². The molecule has 10 heteroatoms. The Hall–Kier alpha value is -3.40. The van der Waals surface area contributed by atoms with Gasteiger partial charge in [0.1, 0.15) is 22.9 Å². The normalized spacial score (nSPS) is 13.1. The summed E-state index contributed by atoms with van der Waals surface area (Å²) in [4.78, 5) is 11.8. The zero-order valence-corrected chi connectivity index (χ0v) is 16.0. The predicted octanol–water partition coefficient (Wildman–Crippen LogP) is 4.12. The van der Waals surface area contributed by atoms with Crippen LogP contribution in [0, 0.1) is 18.6 Å². The van der Waals surface area contributed by atoms with Crippen molar-refractivity contribution in [3.8, 4) is 22.8 Å². The second-order valence-electron chi connectivity index (χ2n) is 6.55. The molecule has 29 heavy (non-hydrogen) atoms. The first kappa shape index (κ1) is 17.7. The van der Waals surface area contributed by atoms with E-state index in [0.29, 0.717) is 30.2 Å². The van der Waals surface area contributed by atoms with Crippen LogP contribution in [0.25, 0.3) is 22.8 Å². The first-order valence-corrected chi connectivity index (χ1v) is 9.65. The number of rotatable bonds is 4. The van der Waals surface area contributed by atoms with E-state index in [2.05, 4.69) is 25.2 Å². The number of hydrogen-bond acceptors (Lipinski definition) is 7. The van der Waals surface area contributed by atoms with Gasteiger partial charge in [-0.2, -0.15) is 5.10 Å². The lowest BCUT2D eigenvalue weighted by atomic mass is 10.2. The number of hydrazone groups is 1. The van der Waals surface area contributed by atoms with Crippen LogP contribution in [0.1, 0.15) is 22.2 Å². The Morgan fingerprint density at radius 2 is 2.14 bits per heavy atom. The van der Waals surface area contributed by atoms with Crippen molar-refractivity contribution in [3.05, 3.63) is 63.4 Å². The number of benzene rings is 1. The van der Waals surface area contributed by atoms with Gasteiger partial charge >= 0.3 is 0 Å². The van der Waals surface area contributed by atoms with E-state index in [1.54, 1.807) is 22.6 Å². The first-order chi connectivity index (χ1) is 14.1. The van der Waals surface area contributed by atoms with Gasteiger partial charge in [-0.25, -0.2) is 18.7 Å². The molecule has 3 aromatic heterocycles. The molecular weight excluding hydrogens is 398 g/mol. The highest BCUT2D eigenvalue weighted by atomic mass is 32.1. The Labute approximate surface area is 167 Å². The molecule has 146 valence electrons. The third-order valence-corrected chi connectivity index (χ3v) is 5.25. The number of aryl methyl sites for hydroxylation is 1. The van der Waals surface area contributed by atoms with E-state index in [1.807, 2.05) is 18.4 Å². The largest absolute Gasteiger partial charge is 0.359 e. The van der Waals surface area contributed by atoms with Gasteiger partial charge in [-0.1, -0.05) is 11.2 Å². The number of thiazole rings is 1. The number of aromatic amines is 1. The van der Waals surface area contributed by atoms with Crippen molar-refractivity contribution < 1.29 is 13.3 Å². The maximum absolute atomic E-state index is 14.1. The second-order valence-corrected chi connectivity index (χ2v) is 7.61. The molecule has 0 unspecified atom stereocenters. The van der Waals surface area contributed by atoms with Gasteiger partial charge in [-0.05, 0) is 19.1 Å². The van der Waals surface area contributed by atoms with Crippen molar-refractivity contribution in [3.63, 3.8) is 0 Å². The number of nitrogens with zero attached hydrogens (tertiary/aromatic N) is 5. The molecular formula is C19H14F2N6OS. The number of fused-ring (bicyclic) bond motifs is 1. The summed E-state index contributed by atoms with van der Waals surface area (Å²) in [7, 11) is 0. The highest BCUT2D eigenvalue weighted by Crippen LogP contribution is 2.26. The highest BCUT2D eigenvalue weighted by molar-refractivity contribution is 7.09. The van der Waals surface area contributed by atoms with Gasteiger partial charge in [0, 0.05) is 11.4 Å². The van der Waals surface area contributed by atoms with Gasteiger partial charge in [0.2, 0.25) is 0 Å². The fourth-order valence-electron chi connectivity index (χ4n) is 3.09. The van der Waals surface area contributed by atoms with Crippen molar-refractivity contribution >= 4 is 17.6 Å². The lowest BCUT2D eigenvalue weighted by Gasteiger charge is -2.19. The Morgan fingerprint density at radius 1 is 1.24 bits per heavy atom. The van der Waals surface area contributed by atoms with Crippen molar-refractivity contribution in [1.82, 2.24) is 25.1 Å². The Kier molecular flexibility index (Phi) is 4.20. The minimum atomic E-state index is -0.932. The smallest absolute Gasteiger partial charge is 0.169 e. The van der Waals surface area contributed by atoms with Crippen LogP contribution in [-0.4, -0.2) is 31.3 Å². The monoisotopic (exact) mass is 412 g/mol. The molecule has 0 bridgehead atoms. The van der Waals surface area contributed by atoms with E-state index >= 15 is 0 Å². The quantitative estimate of drug-likeness (QED) is 0.545. The average Bonchev–Trinajstić information content (AvgIpc) is 3.43. The molecule has 1 aromatic carbocycles. The lowest BCUT2D eigenvalue weighted by molar-refractivity contribution is 0.229. The van der Waals surface area contributed by atoms with Gasteiger partial charge in [0.05, 0.1) is 35.6 Å². The molecule has 0 spiro atoms. The number of aromatic nitrogens is 4. The zero-order chi connectivity index (χ0) is 20.0. The first-order valence-electron chi connectivity index (χ1n) is 8.77. The van der Waals surface area contributed by atoms with Crippen molar-refractivity contribution in [2.45, 2.75) is 20.0 Å². The van der Waals surface area contributed by atoms with Crippen LogP contribution in [0.2, 0.25) is 0 Å². The van der Waals surface area contributed by atoms with Gasteiger partial charge in [-0.15, -0.1) is 11.3 Å². The highest BCUT2D eigenvalue weighted by Gasteiger charge is 2.21. The summed E-state index contributed by atoms with van der Waals surface area (Å²) in [6, 6.07) is 5.83. The summed E-state index contributed by atoms with van der Waals surface area (Å²) in [6.45, 7) is 2.75. The van der Waals surface area contributed by atoms with Crippen LogP contribution in [-0.2, 0) is 13.1 Å². The van der Waals surface area contributed by atoms with E-state index in [1.165, 1.54) is 12.1 Å². The van der Waals surface area contributed by atoms with Crippen molar-refractivity contribution in [1.29, 1.82) is 0 Å². The maximum Gasteiger partial charge on any atom is 0.169 e. The minimum absolute atomic E-state index is 0.0813. The number of imidazole rings is 1. The standard InChI is InChI=1S/C19H14F2N6OS/c1-10-23-17(9-29-10)14-5-11(28-26-14)7-27-8-16-15(6-22-27)24-19(25-16)12-3-2-4-13(20)18(12)21/h2-6,9H,7-8H2,1H3,(H,24,25). The topological polar surface area (TPSA) is 83.2 Å². The summed E-state index contributed by atoms with van der Waals surface area (Å²) in [5.41, 5.74) is 2.89. The van der Waals surface area contributed by atoms with E-state index in [4.69, 9.17) is 4.52 Å². The molecule has 5 rings (SSSR count). The Morgan fingerprint density at radius 3 is 2.97 bits per heavy atom. The van der Waals surface area contributed by atoms with Crippen molar-refractivity contribution in [2.24, 2.45) is 5.10 Å². The number of H-pyrrole nitrogens is 1. The summed E-state index contributed by atoms with van der Waals surface area (Å²) >= 11 is 1.55. The average molecular weight is 412 g/mol. The number of halogens is 2. The van der Waals surface area contributed by atoms with Gasteiger partial charge in [0.25, 0.3) is 0 Å². The van der Waals surface area contributed by atoms with Crippen LogP contribution < -0.4 is 0 Å². The summed E-state index contributed by atoms with van der Waals surface area (Å²) in [5.74, 6) is -0.939. The van der Waals surface area contributed by atoms with Crippen molar-refractivity contribution in [2.75, 3.05) is 0 Å². The molecule has 4 heterocycles. The summed E-state index contributed by atoms with van der Waals surface area (Å²) < 4.78 is 33.0. The SMILES string of the molecule is Cc1nc(-c2cc(CN3Cc4[nH]c(-c5cccc(F)c5F)nc4C=N3)on2)cs1. The minimum Gasteiger partial charge on any atom is -0.359 e. The van der Waals surface area contributed by atoms with Crippen LogP contribution in [0.3, 0.4) is 0 Å². The summed E-state index contributed by atoms with van der Waals surface area (Å²) in [6.07, 6.45) is 1.58. The number of nitrogens with one attached hydrogen (secondary N) is 1. The molecule has 0 fully saturated rings. The fraction of sp³-hybridized carbons (Fsp3) is 0.158. The van der Waals surface area contributed by atoms with E-state index in [9.17, 15) is 8.78 Å². The molecule has 0 atom stereocenters. The molecule has 1 N–H and O–H groups in total. The predicted molar refractivity (Wildman–Crippen MR) is 103 cm³/mol. The molecule has 1 aliphatic heterocycles. The van der Waals surface area contributed by atoms with Crippen LogP contribution in [0.15, 0.2) is 39.3 Å². The Balaban J connectivity index is 1.33. The molecule has 0 saturated carbocycles. The van der Waals surface area contributed by atoms with E-state index in [-0.39, 0.29) is 11.4 Å². The molecule has 1 aliphatic rings. The fourth-order valence-corrected chi connectivity index (χ4v) is 3.70. The Bertz CT molecular complexity index is 1230. The van der Waals surface area contributed by atoms with Crippen LogP contribution in [0.4, 0.5) is 8.78 Å². The summed E-state index contributed by atoms with van der Waals surface area (Å²) in [5, 5.41) is 13.1. The third-order valence-electron chi connectivity index (χ3n) is 4.48. The molecule has 0 aliphatic carbocycles. The second kappa shape index (κ2) is 6.89. The molecule has 0 radical (unpaired) electrons. The number of hydrogen-bond donors (Lipinski definition) is 1. The molecule has 0 amide bonds. The van der Waals surface area contributed by atoms with E-state index in [0.717, 1.165) is 22.5 Å². The van der Waals surface area contributed by atoms with Crippen LogP contribution in [0.5, 0.6) is 0 Å². The molecule has 7 nitrogen and oxygen atoms in total. The molecule has 4 aromatic rings. The van der Waals surface area contributed by atoms with Gasteiger partial charge < -0.3 is 9.51 Å². The van der Waals surface area contributed by atoms with Gasteiger partial charge in [-0.3, -0.25) is 5.01 Å². The maximum atomic E-state index is 14.1. The van der Waals surface area contributed by atoms with E-state index < -0.39 is 11.6 Å². The van der Waals surface area contributed by atoms with Crippen LogP contribution >= 0.6 is 11.3 Å². The lowest BCUT2D eigenvalue weighted by Crippen LogP contribution is -2.21. The molecule has 0 saturated heterocycles. The third kappa shape index (κ3) is 3.31. The zero-order valence-electron chi connectivity index (χ0n) is 15.2.